The third-order valence-electron chi connectivity index (χ3n) is 3.12. The molecule has 0 aliphatic heterocycles. The smallest absolute Gasteiger partial charge is 0.324 e. The molecule has 1 rings (SSSR count). The van der Waals surface area contributed by atoms with Crippen molar-refractivity contribution in [2.45, 2.75) is 13.3 Å². The van der Waals surface area contributed by atoms with Gasteiger partial charge < -0.3 is 15.3 Å². The molecule has 0 saturated carbocycles. The van der Waals surface area contributed by atoms with Crippen LogP contribution in [0.3, 0.4) is 0 Å². The summed E-state index contributed by atoms with van der Waals surface area (Å²) >= 11 is 0. The number of nitrogens with zero attached hydrogens (tertiary/aromatic N) is 2. The zero-order chi connectivity index (χ0) is 15.8. The Morgan fingerprint density at radius 2 is 1.86 bits per heavy atom. The van der Waals surface area contributed by atoms with Gasteiger partial charge >= 0.3 is 12.0 Å². The molecule has 0 unspecified atom stereocenters. The van der Waals surface area contributed by atoms with Crippen LogP contribution in [0, 0.1) is 6.92 Å². The monoisotopic (exact) mass is 293 g/mol. The van der Waals surface area contributed by atoms with Crippen molar-refractivity contribution in [3.63, 3.8) is 0 Å². The lowest BCUT2D eigenvalue weighted by molar-refractivity contribution is -0.135. The second-order valence-electron chi connectivity index (χ2n) is 4.98. The summed E-state index contributed by atoms with van der Waals surface area (Å²) in [7, 11) is 3.53. The number of carboxylic acid groups (broad SMARTS) is 1. The van der Waals surface area contributed by atoms with Crippen LogP contribution in [0.1, 0.15) is 12.0 Å². The van der Waals surface area contributed by atoms with E-state index >= 15 is 0 Å². The number of benzene rings is 1. The summed E-state index contributed by atoms with van der Waals surface area (Å²) in [5, 5.41) is 12.0. The number of urea groups is 1. The molecule has 0 aliphatic rings. The summed E-state index contributed by atoms with van der Waals surface area (Å²) < 4.78 is 0. The van der Waals surface area contributed by atoms with Gasteiger partial charge in [0.05, 0.1) is 0 Å². The Morgan fingerprint density at radius 3 is 2.38 bits per heavy atom. The number of rotatable bonds is 7. The number of anilines is 1. The van der Waals surface area contributed by atoms with E-state index in [1.807, 2.05) is 26.1 Å². The summed E-state index contributed by atoms with van der Waals surface area (Å²) in [6.07, 6.45) is 0.813. The fourth-order valence-electron chi connectivity index (χ4n) is 1.92. The molecule has 2 amide bonds. The SMILES string of the molecule is CNCCCN(C)C(=O)N(CC(=O)O)c1ccc(C)cc1. The average molecular weight is 293 g/mol. The molecule has 2 N–H and O–H groups in total. The maximum Gasteiger partial charge on any atom is 0.324 e. The number of carbonyl (C=O) groups is 2. The largest absolute Gasteiger partial charge is 0.480 e. The second-order valence-corrected chi connectivity index (χ2v) is 4.98. The molecule has 1 aromatic carbocycles. The van der Waals surface area contributed by atoms with Crippen molar-refractivity contribution in [1.29, 1.82) is 0 Å². The first-order chi connectivity index (χ1) is 9.95. The van der Waals surface area contributed by atoms with Gasteiger partial charge in [0.15, 0.2) is 0 Å². The van der Waals surface area contributed by atoms with Gasteiger partial charge in [-0.3, -0.25) is 9.69 Å². The van der Waals surface area contributed by atoms with Gasteiger partial charge in [0, 0.05) is 19.3 Å². The zero-order valence-corrected chi connectivity index (χ0v) is 12.8. The third kappa shape index (κ3) is 5.43. The predicted octanol–water partition coefficient (Wildman–Crippen LogP) is 1.55. The van der Waals surface area contributed by atoms with Crippen molar-refractivity contribution >= 4 is 17.7 Å². The number of carboxylic acids is 1. The van der Waals surface area contributed by atoms with E-state index < -0.39 is 5.97 Å². The standard InChI is InChI=1S/C15H23N3O3/c1-12-5-7-13(8-6-12)18(11-14(19)20)15(21)17(3)10-4-9-16-2/h5-8,16H,4,9-11H2,1-3H3,(H,19,20). The first kappa shape index (κ1) is 17.0. The van der Waals surface area contributed by atoms with E-state index in [2.05, 4.69) is 5.32 Å². The van der Waals surface area contributed by atoms with Gasteiger partial charge in [-0.1, -0.05) is 17.7 Å². The van der Waals surface area contributed by atoms with Crippen molar-refractivity contribution < 1.29 is 14.7 Å². The van der Waals surface area contributed by atoms with Crippen LogP contribution >= 0.6 is 0 Å². The van der Waals surface area contributed by atoms with Crippen molar-refractivity contribution in [2.75, 3.05) is 38.6 Å². The highest BCUT2D eigenvalue weighted by Crippen LogP contribution is 2.16. The molecule has 0 atom stereocenters. The van der Waals surface area contributed by atoms with Crippen LogP contribution in [0.2, 0.25) is 0 Å². The molecule has 0 radical (unpaired) electrons. The molecule has 0 spiro atoms. The highest BCUT2D eigenvalue weighted by molar-refractivity contribution is 5.96. The number of nitrogens with one attached hydrogen (secondary N) is 1. The zero-order valence-electron chi connectivity index (χ0n) is 12.8. The molecule has 1 aromatic rings. The van der Waals surface area contributed by atoms with Gasteiger partial charge in [0.25, 0.3) is 0 Å². The minimum absolute atomic E-state index is 0.308. The molecular formula is C15H23N3O3. The van der Waals surface area contributed by atoms with E-state index in [0.29, 0.717) is 12.2 Å². The maximum atomic E-state index is 12.4. The van der Waals surface area contributed by atoms with Gasteiger partial charge in [-0.25, -0.2) is 4.79 Å². The molecule has 0 heterocycles. The Kier molecular flexibility index (Phi) is 6.68. The Hall–Kier alpha value is -2.08. The van der Waals surface area contributed by atoms with Crippen LogP contribution in [0.15, 0.2) is 24.3 Å². The van der Waals surface area contributed by atoms with E-state index in [1.54, 1.807) is 24.1 Å². The summed E-state index contributed by atoms with van der Waals surface area (Å²) in [6, 6.07) is 6.93. The lowest BCUT2D eigenvalue weighted by Crippen LogP contribution is -2.44. The first-order valence-electron chi connectivity index (χ1n) is 6.91. The third-order valence-corrected chi connectivity index (χ3v) is 3.12. The van der Waals surface area contributed by atoms with Gasteiger partial charge in [0.2, 0.25) is 0 Å². The Bertz CT molecular complexity index is 474. The second kappa shape index (κ2) is 8.26. The molecule has 116 valence electrons. The lowest BCUT2D eigenvalue weighted by atomic mass is 10.2. The molecule has 0 bridgehead atoms. The van der Waals surface area contributed by atoms with E-state index in [1.165, 1.54) is 4.90 Å². The summed E-state index contributed by atoms with van der Waals surface area (Å²) in [5.41, 5.74) is 1.65. The normalized spacial score (nSPS) is 10.2. The Labute approximate surface area is 125 Å². The number of aliphatic carboxylic acids is 1. The van der Waals surface area contributed by atoms with Crippen molar-refractivity contribution in [1.82, 2.24) is 10.2 Å². The van der Waals surface area contributed by atoms with Crippen LogP contribution in [-0.2, 0) is 4.79 Å². The van der Waals surface area contributed by atoms with Crippen molar-refractivity contribution in [3.05, 3.63) is 29.8 Å². The molecular weight excluding hydrogens is 270 g/mol. The molecule has 0 fully saturated rings. The molecule has 6 nitrogen and oxygen atoms in total. The lowest BCUT2D eigenvalue weighted by Gasteiger charge is -2.27. The van der Waals surface area contributed by atoms with Crippen molar-refractivity contribution in [2.24, 2.45) is 0 Å². The summed E-state index contributed by atoms with van der Waals surface area (Å²) in [6.45, 7) is 2.97. The minimum atomic E-state index is -1.03. The average Bonchev–Trinajstić information content (AvgIpc) is 2.45. The number of hydrogen-bond donors (Lipinski definition) is 2. The van der Waals surface area contributed by atoms with Crippen LogP contribution in [0.5, 0.6) is 0 Å². The summed E-state index contributed by atoms with van der Waals surface area (Å²) in [4.78, 5) is 26.3. The number of amides is 2. The van der Waals surface area contributed by atoms with E-state index in [-0.39, 0.29) is 12.6 Å². The Balaban J connectivity index is 2.83. The molecule has 6 heteroatoms. The number of carbonyl (C=O) groups excluding carboxylic acids is 1. The number of aryl methyl sites for hydroxylation is 1. The van der Waals surface area contributed by atoms with Gasteiger partial charge in [0.1, 0.15) is 6.54 Å². The van der Waals surface area contributed by atoms with Gasteiger partial charge in [-0.15, -0.1) is 0 Å². The Morgan fingerprint density at radius 1 is 1.24 bits per heavy atom. The van der Waals surface area contributed by atoms with Crippen LogP contribution in [0.25, 0.3) is 0 Å². The van der Waals surface area contributed by atoms with Gasteiger partial charge in [-0.05, 0) is 39.1 Å². The van der Waals surface area contributed by atoms with Crippen LogP contribution < -0.4 is 10.2 Å². The molecule has 0 aromatic heterocycles. The van der Waals surface area contributed by atoms with E-state index in [9.17, 15) is 9.59 Å². The molecule has 0 saturated heterocycles. The molecule has 0 aliphatic carbocycles. The minimum Gasteiger partial charge on any atom is -0.480 e. The van der Waals surface area contributed by atoms with E-state index in [0.717, 1.165) is 18.5 Å². The predicted molar refractivity (Wildman–Crippen MR) is 82.7 cm³/mol. The van der Waals surface area contributed by atoms with Gasteiger partial charge in [-0.2, -0.15) is 0 Å². The highest BCUT2D eigenvalue weighted by Gasteiger charge is 2.21. The molecule has 21 heavy (non-hydrogen) atoms. The fourth-order valence-corrected chi connectivity index (χ4v) is 1.92. The van der Waals surface area contributed by atoms with Crippen LogP contribution in [0.4, 0.5) is 10.5 Å². The van der Waals surface area contributed by atoms with Crippen LogP contribution in [-0.4, -0.2) is 55.7 Å². The fraction of sp³-hybridized carbons (Fsp3) is 0.467. The van der Waals surface area contributed by atoms with E-state index in [4.69, 9.17) is 5.11 Å². The highest BCUT2D eigenvalue weighted by atomic mass is 16.4. The number of hydrogen-bond acceptors (Lipinski definition) is 3. The topological polar surface area (TPSA) is 72.9 Å². The quantitative estimate of drug-likeness (QED) is 0.748. The summed E-state index contributed by atoms with van der Waals surface area (Å²) in [5.74, 6) is -1.03. The first-order valence-corrected chi connectivity index (χ1v) is 6.91. The van der Waals surface area contributed by atoms with Crippen molar-refractivity contribution in [3.8, 4) is 0 Å². The maximum absolute atomic E-state index is 12.4.